The number of halogens is 2. The number of pyridine rings is 1. The van der Waals surface area contributed by atoms with Crippen LogP contribution in [0.15, 0.2) is 18.3 Å². The third-order valence-corrected chi connectivity index (χ3v) is 2.83. The van der Waals surface area contributed by atoms with E-state index in [1.807, 2.05) is 0 Å². The monoisotopic (exact) mass is 260 g/mol. The van der Waals surface area contributed by atoms with Gasteiger partial charge in [0.05, 0.1) is 13.1 Å². The predicted molar refractivity (Wildman–Crippen MR) is 61.0 cm³/mol. The average Bonchev–Trinajstić information content (AvgIpc) is 2.24. The minimum atomic E-state index is -0.0753. The van der Waals surface area contributed by atoms with Gasteiger partial charge in [0.1, 0.15) is 17.0 Å². The van der Waals surface area contributed by atoms with E-state index in [4.69, 9.17) is 27.9 Å². The molecular formula is C10H10Cl2N2O2. The number of alkyl halides is 1. The Hall–Kier alpha value is -1.00. The van der Waals surface area contributed by atoms with E-state index >= 15 is 0 Å². The molecule has 0 atom stereocenters. The molecule has 1 saturated heterocycles. The number of aromatic nitrogens is 1. The second kappa shape index (κ2) is 4.89. The topological polar surface area (TPSA) is 42.4 Å². The van der Waals surface area contributed by atoms with Crippen LogP contribution in [-0.4, -0.2) is 40.9 Å². The molecule has 0 aliphatic carbocycles. The highest BCUT2D eigenvalue weighted by Gasteiger charge is 2.32. The van der Waals surface area contributed by atoms with Crippen molar-refractivity contribution in [3.63, 3.8) is 0 Å². The van der Waals surface area contributed by atoms with Crippen LogP contribution in [0.1, 0.15) is 0 Å². The standard InChI is InChI=1S/C10H10Cl2N2O2/c11-4-9(15)14-5-7(6-14)16-10-8(12)2-1-3-13-10/h1-3,7H,4-6H2. The Bertz CT molecular complexity index is 394. The second-order valence-electron chi connectivity index (χ2n) is 3.46. The third kappa shape index (κ3) is 2.39. The molecule has 86 valence electrons. The van der Waals surface area contributed by atoms with E-state index in [2.05, 4.69) is 4.98 Å². The number of nitrogens with zero attached hydrogens (tertiary/aromatic N) is 2. The summed E-state index contributed by atoms with van der Waals surface area (Å²) in [6.45, 7) is 1.08. The summed E-state index contributed by atoms with van der Waals surface area (Å²) in [5.74, 6) is 0.345. The van der Waals surface area contributed by atoms with Crippen molar-refractivity contribution in [1.82, 2.24) is 9.88 Å². The molecule has 16 heavy (non-hydrogen) atoms. The second-order valence-corrected chi connectivity index (χ2v) is 4.14. The maximum atomic E-state index is 11.2. The van der Waals surface area contributed by atoms with Crippen molar-refractivity contribution in [1.29, 1.82) is 0 Å². The normalized spacial score (nSPS) is 15.8. The molecule has 2 rings (SSSR count). The van der Waals surface area contributed by atoms with Crippen LogP contribution in [0.4, 0.5) is 0 Å². The smallest absolute Gasteiger partial charge is 0.237 e. The van der Waals surface area contributed by atoms with Crippen molar-refractivity contribution in [2.45, 2.75) is 6.10 Å². The quantitative estimate of drug-likeness (QED) is 0.775. The van der Waals surface area contributed by atoms with Crippen molar-refractivity contribution in [3.05, 3.63) is 23.4 Å². The van der Waals surface area contributed by atoms with E-state index in [9.17, 15) is 4.79 Å². The minimum absolute atomic E-state index is 0.0110. The Balaban J connectivity index is 1.86. The van der Waals surface area contributed by atoms with Crippen LogP contribution >= 0.6 is 23.2 Å². The van der Waals surface area contributed by atoms with E-state index in [0.717, 1.165) is 0 Å². The number of likely N-dealkylation sites (tertiary alicyclic amines) is 1. The van der Waals surface area contributed by atoms with Crippen molar-refractivity contribution in [3.8, 4) is 5.88 Å². The first kappa shape index (κ1) is 11.5. The van der Waals surface area contributed by atoms with Crippen molar-refractivity contribution in [2.75, 3.05) is 19.0 Å². The van der Waals surface area contributed by atoms with Crippen LogP contribution in [0.3, 0.4) is 0 Å². The van der Waals surface area contributed by atoms with E-state index in [1.165, 1.54) is 0 Å². The van der Waals surface area contributed by atoms with Crippen LogP contribution in [-0.2, 0) is 4.79 Å². The molecule has 0 aromatic carbocycles. The van der Waals surface area contributed by atoms with E-state index in [0.29, 0.717) is 24.0 Å². The molecular weight excluding hydrogens is 251 g/mol. The molecule has 1 aromatic heterocycles. The van der Waals surface area contributed by atoms with Crippen molar-refractivity contribution in [2.24, 2.45) is 0 Å². The van der Waals surface area contributed by atoms with Crippen molar-refractivity contribution >= 4 is 29.1 Å². The SMILES string of the molecule is O=C(CCl)N1CC(Oc2ncccc2Cl)C1. The van der Waals surface area contributed by atoms with Gasteiger partial charge < -0.3 is 9.64 Å². The number of carbonyl (C=O) groups is 1. The highest BCUT2D eigenvalue weighted by Crippen LogP contribution is 2.23. The molecule has 1 aliphatic rings. The lowest BCUT2D eigenvalue weighted by Gasteiger charge is -2.38. The van der Waals surface area contributed by atoms with Gasteiger partial charge in [-0.25, -0.2) is 4.98 Å². The average molecular weight is 261 g/mol. The molecule has 1 amide bonds. The zero-order chi connectivity index (χ0) is 11.5. The third-order valence-electron chi connectivity index (χ3n) is 2.32. The molecule has 0 radical (unpaired) electrons. The summed E-state index contributed by atoms with van der Waals surface area (Å²) in [5, 5.41) is 0.476. The lowest BCUT2D eigenvalue weighted by molar-refractivity contribution is -0.137. The van der Waals surface area contributed by atoms with Gasteiger partial charge in [0.15, 0.2) is 0 Å². The summed E-state index contributed by atoms with van der Waals surface area (Å²) in [6, 6.07) is 3.45. The molecule has 0 N–H and O–H groups in total. The number of hydrogen-bond donors (Lipinski definition) is 0. The first-order chi connectivity index (χ1) is 7.70. The molecule has 6 heteroatoms. The molecule has 0 unspecified atom stereocenters. The van der Waals surface area contributed by atoms with Crippen molar-refractivity contribution < 1.29 is 9.53 Å². The Kier molecular flexibility index (Phi) is 3.51. The largest absolute Gasteiger partial charge is 0.470 e. The molecule has 4 nitrogen and oxygen atoms in total. The van der Waals surface area contributed by atoms with Gasteiger partial charge >= 0.3 is 0 Å². The van der Waals surface area contributed by atoms with Crippen LogP contribution in [0.2, 0.25) is 5.02 Å². The predicted octanol–water partition coefficient (Wildman–Crippen LogP) is 1.56. The number of ether oxygens (including phenoxy) is 1. The Morgan fingerprint density at radius 1 is 1.62 bits per heavy atom. The van der Waals surface area contributed by atoms with Gasteiger partial charge in [-0.15, -0.1) is 11.6 Å². The molecule has 2 heterocycles. The molecule has 1 aromatic rings. The Labute approximate surface area is 103 Å². The summed E-state index contributed by atoms with van der Waals surface area (Å²) in [4.78, 5) is 16.8. The molecule has 0 bridgehead atoms. The molecule has 1 aliphatic heterocycles. The summed E-state index contributed by atoms with van der Waals surface area (Å²) in [6.07, 6.45) is 1.57. The molecule has 0 saturated carbocycles. The van der Waals surface area contributed by atoms with Gasteiger partial charge in [0.25, 0.3) is 0 Å². The fraction of sp³-hybridized carbons (Fsp3) is 0.400. The van der Waals surface area contributed by atoms with E-state index in [1.54, 1.807) is 23.2 Å². The maximum absolute atomic E-state index is 11.2. The summed E-state index contributed by atoms with van der Waals surface area (Å²) < 4.78 is 5.53. The Morgan fingerprint density at radius 3 is 3.00 bits per heavy atom. The number of carbonyl (C=O) groups excluding carboxylic acids is 1. The molecule has 1 fully saturated rings. The fourth-order valence-electron chi connectivity index (χ4n) is 1.42. The summed E-state index contributed by atoms with van der Waals surface area (Å²) in [7, 11) is 0. The van der Waals surface area contributed by atoms with Gasteiger partial charge in [-0.3, -0.25) is 4.79 Å². The van der Waals surface area contributed by atoms with Gasteiger partial charge in [-0.2, -0.15) is 0 Å². The van der Waals surface area contributed by atoms with Gasteiger partial charge in [0.2, 0.25) is 11.8 Å². The van der Waals surface area contributed by atoms with Crippen LogP contribution in [0.5, 0.6) is 5.88 Å². The van der Waals surface area contributed by atoms with Gasteiger partial charge in [-0.1, -0.05) is 11.6 Å². The van der Waals surface area contributed by atoms with Gasteiger partial charge in [0, 0.05) is 6.20 Å². The lowest BCUT2D eigenvalue weighted by atomic mass is 10.2. The number of hydrogen-bond acceptors (Lipinski definition) is 3. The number of amides is 1. The zero-order valence-corrected chi connectivity index (χ0v) is 9.91. The highest BCUT2D eigenvalue weighted by molar-refractivity contribution is 6.31. The van der Waals surface area contributed by atoms with E-state index < -0.39 is 0 Å². The number of rotatable bonds is 3. The Morgan fingerprint density at radius 2 is 2.38 bits per heavy atom. The fourth-order valence-corrected chi connectivity index (χ4v) is 1.75. The highest BCUT2D eigenvalue weighted by atomic mass is 35.5. The van der Waals surface area contributed by atoms with Crippen LogP contribution in [0, 0.1) is 0 Å². The minimum Gasteiger partial charge on any atom is -0.470 e. The van der Waals surface area contributed by atoms with Gasteiger partial charge in [-0.05, 0) is 12.1 Å². The van der Waals surface area contributed by atoms with E-state index in [-0.39, 0.29) is 17.9 Å². The van der Waals surface area contributed by atoms with Crippen LogP contribution < -0.4 is 4.74 Å². The zero-order valence-electron chi connectivity index (χ0n) is 8.40. The summed E-state index contributed by atoms with van der Waals surface area (Å²) >= 11 is 11.3. The molecule has 0 spiro atoms. The van der Waals surface area contributed by atoms with Crippen LogP contribution in [0.25, 0.3) is 0 Å². The first-order valence-corrected chi connectivity index (χ1v) is 5.73. The summed E-state index contributed by atoms with van der Waals surface area (Å²) in [5.41, 5.74) is 0. The lowest BCUT2D eigenvalue weighted by Crippen LogP contribution is -2.56. The maximum Gasteiger partial charge on any atom is 0.237 e. The first-order valence-electron chi connectivity index (χ1n) is 4.81.